The molecule has 4 nitrogen and oxygen atoms in total. The Morgan fingerprint density at radius 3 is 3.00 bits per heavy atom. The van der Waals surface area contributed by atoms with Gasteiger partial charge in [0, 0.05) is 31.6 Å². The molecule has 0 bridgehead atoms. The molecule has 1 unspecified atom stereocenters. The lowest BCUT2D eigenvalue weighted by atomic mass is 10.1. The highest BCUT2D eigenvalue weighted by atomic mass is 19.1. The van der Waals surface area contributed by atoms with Crippen LogP contribution in [0.1, 0.15) is 6.42 Å². The zero-order valence-electron chi connectivity index (χ0n) is 10.0. The van der Waals surface area contributed by atoms with Crippen LogP contribution in [-0.4, -0.2) is 42.2 Å². The minimum atomic E-state index is -0.343. The van der Waals surface area contributed by atoms with E-state index in [0.717, 1.165) is 0 Å². The molecule has 5 heteroatoms. The quantitative estimate of drug-likeness (QED) is 0.853. The number of hydrogen-bond acceptors (Lipinski definition) is 3. The smallest absolute Gasteiger partial charge is 0.223 e. The summed E-state index contributed by atoms with van der Waals surface area (Å²) in [6.45, 7) is 1.40. The van der Waals surface area contributed by atoms with Crippen molar-refractivity contribution in [1.82, 2.24) is 4.90 Å². The molecule has 0 aliphatic carbocycles. The summed E-state index contributed by atoms with van der Waals surface area (Å²) in [5, 5.41) is 8.98. The Balaban J connectivity index is 1.77. The molecule has 1 amide bonds. The lowest BCUT2D eigenvalue weighted by Gasteiger charge is -2.16. The van der Waals surface area contributed by atoms with Crippen LogP contribution in [0.4, 0.5) is 4.39 Å². The third kappa shape index (κ3) is 3.20. The monoisotopic (exact) mass is 253 g/mol. The van der Waals surface area contributed by atoms with Gasteiger partial charge in [0.15, 0.2) is 0 Å². The minimum absolute atomic E-state index is 0.0340. The first-order valence-corrected chi connectivity index (χ1v) is 5.96. The van der Waals surface area contributed by atoms with E-state index >= 15 is 0 Å². The zero-order chi connectivity index (χ0) is 13.0. The number of likely N-dealkylation sites (tertiary alicyclic amines) is 1. The number of hydrogen-bond donors (Lipinski definition) is 1. The van der Waals surface area contributed by atoms with E-state index < -0.39 is 0 Å². The summed E-state index contributed by atoms with van der Waals surface area (Å²) >= 11 is 0. The highest BCUT2D eigenvalue weighted by molar-refractivity contribution is 5.78. The van der Waals surface area contributed by atoms with E-state index in [9.17, 15) is 9.18 Å². The van der Waals surface area contributed by atoms with Crippen molar-refractivity contribution in [2.75, 3.05) is 26.3 Å². The molecular formula is C13H16FNO3. The van der Waals surface area contributed by atoms with Crippen LogP contribution in [0.2, 0.25) is 0 Å². The molecule has 1 aliphatic rings. The lowest BCUT2D eigenvalue weighted by Crippen LogP contribution is -2.30. The summed E-state index contributed by atoms with van der Waals surface area (Å²) in [6.07, 6.45) is 0.399. The lowest BCUT2D eigenvalue weighted by molar-refractivity contribution is -0.128. The highest BCUT2D eigenvalue weighted by Crippen LogP contribution is 2.17. The average molecular weight is 253 g/mol. The Morgan fingerprint density at radius 2 is 2.33 bits per heavy atom. The van der Waals surface area contributed by atoms with Crippen LogP contribution in [0.25, 0.3) is 0 Å². The molecule has 1 aromatic carbocycles. The largest absolute Gasteiger partial charge is 0.492 e. The van der Waals surface area contributed by atoms with Crippen LogP contribution in [0.15, 0.2) is 24.3 Å². The van der Waals surface area contributed by atoms with Gasteiger partial charge in [-0.25, -0.2) is 4.39 Å². The number of carbonyl (C=O) groups is 1. The third-order valence-corrected chi connectivity index (χ3v) is 2.98. The van der Waals surface area contributed by atoms with Crippen molar-refractivity contribution >= 4 is 5.91 Å². The van der Waals surface area contributed by atoms with Crippen molar-refractivity contribution in [1.29, 1.82) is 0 Å². The summed E-state index contributed by atoms with van der Waals surface area (Å²) in [6, 6.07) is 5.91. The molecule has 0 saturated carbocycles. The summed E-state index contributed by atoms with van der Waals surface area (Å²) < 4.78 is 18.3. The second-order valence-electron chi connectivity index (χ2n) is 4.40. The van der Waals surface area contributed by atoms with Crippen molar-refractivity contribution in [2.24, 2.45) is 5.92 Å². The summed E-state index contributed by atoms with van der Waals surface area (Å²) in [7, 11) is 0. The Kier molecular flexibility index (Phi) is 4.15. The molecule has 0 aromatic heterocycles. The molecule has 2 rings (SSSR count). The van der Waals surface area contributed by atoms with Gasteiger partial charge in [0.1, 0.15) is 18.2 Å². The number of nitrogens with zero attached hydrogens (tertiary/aromatic N) is 1. The normalized spacial score (nSPS) is 19.3. The number of amides is 1. The van der Waals surface area contributed by atoms with Crippen molar-refractivity contribution in [3.63, 3.8) is 0 Å². The van der Waals surface area contributed by atoms with Crippen molar-refractivity contribution in [2.45, 2.75) is 6.42 Å². The number of benzene rings is 1. The van der Waals surface area contributed by atoms with Crippen LogP contribution < -0.4 is 4.74 Å². The Hall–Kier alpha value is -1.62. The van der Waals surface area contributed by atoms with E-state index in [4.69, 9.17) is 9.84 Å². The first-order chi connectivity index (χ1) is 8.69. The fourth-order valence-corrected chi connectivity index (χ4v) is 2.02. The number of halogens is 1. The van der Waals surface area contributed by atoms with E-state index in [-0.39, 0.29) is 24.2 Å². The van der Waals surface area contributed by atoms with Gasteiger partial charge in [-0.15, -0.1) is 0 Å². The molecule has 1 heterocycles. The van der Waals surface area contributed by atoms with Gasteiger partial charge in [-0.2, -0.15) is 0 Å². The number of carbonyl (C=O) groups excluding carboxylic acids is 1. The summed E-state index contributed by atoms with van der Waals surface area (Å²) in [5.41, 5.74) is 0. The predicted octanol–water partition coefficient (Wildman–Crippen LogP) is 1.05. The van der Waals surface area contributed by atoms with E-state index in [1.165, 1.54) is 12.1 Å². The molecule has 1 N–H and O–H groups in total. The van der Waals surface area contributed by atoms with Crippen molar-refractivity contribution in [3.05, 3.63) is 30.1 Å². The maximum Gasteiger partial charge on any atom is 0.223 e. The van der Waals surface area contributed by atoms with Crippen LogP contribution in [0.3, 0.4) is 0 Å². The highest BCUT2D eigenvalue weighted by Gasteiger charge is 2.28. The van der Waals surface area contributed by atoms with Gasteiger partial charge in [-0.1, -0.05) is 6.07 Å². The van der Waals surface area contributed by atoms with E-state index in [2.05, 4.69) is 0 Å². The number of ether oxygens (including phenoxy) is 1. The predicted molar refractivity (Wildman–Crippen MR) is 63.7 cm³/mol. The van der Waals surface area contributed by atoms with Crippen LogP contribution in [-0.2, 0) is 4.79 Å². The fourth-order valence-electron chi connectivity index (χ4n) is 2.02. The second-order valence-corrected chi connectivity index (χ2v) is 4.40. The molecule has 1 atom stereocenters. The Labute approximate surface area is 105 Å². The van der Waals surface area contributed by atoms with E-state index in [0.29, 0.717) is 31.9 Å². The van der Waals surface area contributed by atoms with Gasteiger partial charge in [-0.05, 0) is 12.1 Å². The fraction of sp³-hybridized carbons (Fsp3) is 0.462. The van der Waals surface area contributed by atoms with Gasteiger partial charge < -0.3 is 14.7 Å². The number of rotatable bonds is 5. The van der Waals surface area contributed by atoms with Crippen LogP contribution >= 0.6 is 0 Å². The van der Waals surface area contributed by atoms with Crippen LogP contribution in [0, 0.1) is 11.7 Å². The number of aliphatic hydroxyl groups excluding tert-OH is 1. The van der Waals surface area contributed by atoms with Gasteiger partial charge in [-0.3, -0.25) is 4.79 Å². The average Bonchev–Trinajstić information content (AvgIpc) is 2.71. The standard InChI is InChI=1S/C13H16FNO3/c14-11-2-1-3-12(7-11)18-5-4-15-8-10(9-16)6-13(15)17/h1-3,7,10,16H,4-6,8-9H2. The van der Waals surface area contributed by atoms with Gasteiger partial charge in [0.25, 0.3) is 0 Å². The Bertz CT molecular complexity index is 424. The third-order valence-electron chi connectivity index (χ3n) is 2.98. The first kappa shape index (κ1) is 12.8. The summed E-state index contributed by atoms with van der Waals surface area (Å²) in [4.78, 5) is 13.2. The van der Waals surface area contributed by atoms with Gasteiger partial charge >= 0.3 is 0 Å². The molecule has 1 fully saturated rings. The molecule has 0 radical (unpaired) electrons. The van der Waals surface area contributed by atoms with E-state index in [1.807, 2.05) is 0 Å². The maximum absolute atomic E-state index is 12.9. The molecule has 0 spiro atoms. The molecule has 98 valence electrons. The maximum atomic E-state index is 12.9. The molecule has 18 heavy (non-hydrogen) atoms. The Morgan fingerprint density at radius 1 is 1.50 bits per heavy atom. The topological polar surface area (TPSA) is 49.8 Å². The molecule has 1 aliphatic heterocycles. The van der Waals surface area contributed by atoms with Gasteiger partial charge in [0.2, 0.25) is 5.91 Å². The second kappa shape index (κ2) is 5.82. The molecular weight excluding hydrogens is 237 g/mol. The molecule has 1 saturated heterocycles. The minimum Gasteiger partial charge on any atom is -0.492 e. The van der Waals surface area contributed by atoms with Crippen LogP contribution in [0.5, 0.6) is 5.75 Å². The number of aliphatic hydroxyl groups is 1. The first-order valence-electron chi connectivity index (χ1n) is 5.96. The molecule has 1 aromatic rings. The SMILES string of the molecule is O=C1CC(CO)CN1CCOc1cccc(F)c1. The van der Waals surface area contributed by atoms with Gasteiger partial charge in [0.05, 0.1) is 6.54 Å². The zero-order valence-corrected chi connectivity index (χ0v) is 10.0. The van der Waals surface area contributed by atoms with Crippen molar-refractivity contribution in [3.8, 4) is 5.75 Å². The van der Waals surface area contributed by atoms with Crippen molar-refractivity contribution < 1.29 is 19.0 Å². The van der Waals surface area contributed by atoms with E-state index in [1.54, 1.807) is 17.0 Å². The summed E-state index contributed by atoms with van der Waals surface area (Å²) in [5.74, 6) is 0.189.